The molecule has 5 nitrogen and oxygen atoms in total. The Balaban J connectivity index is 1.96. The summed E-state index contributed by atoms with van der Waals surface area (Å²) in [6.07, 6.45) is 0.609. The summed E-state index contributed by atoms with van der Waals surface area (Å²) in [4.78, 5) is 11.1. The number of carbonyl (C=O) groups is 1. The van der Waals surface area contributed by atoms with Gasteiger partial charge in [-0.3, -0.25) is 0 Å². The molecule has 21 heavy (non-hydrogen) atoms. The molecule has 1 aliphatic heterocycles. The van der Waals surface area contributed by atoms with Crippen molar-refractivity contribution in [2.24, 2.45) is 5.73 Å². The largest absolute Gasteiger partial charge is 0.444 e. The van der Waals surface area contributed by atoms with Crippen molar-refractivity contribution in [2.45, 2.75) is 48.1 Å². The first kappa shape index (κ1) is 16.5. The highest BCUT2D eigenvalue weighted by Gasteiger charge is 2.34. The molecule has 2 unspecified atom stereocenters. The van der Waals surface area contributed by atoms with Crippen LogP contribution in [0.5, 0.6) is 0 Å². The predicted octanol–water partition coefficient (Wildman–Crippen LogP) is 2.38. The molecule has 2 rings (SSSR count). The van der Waals surface area contributed by atoms with Crippen LogP contribution in [0.2, 0.25) is 0 Å². The molecule has 0 aliphatic carbocycles. The van der Waals surface area contributed by atoms with Gasteiger partial charge >= 0.3 is 6.09 Å². The van der Waals surface area contributed by atoms with Crippen LogP contribution in [0, 0.1) is 0 Å². The van der Waals surface area contributed by atoms with Crippen LogP contribution in [0.1, 0.15) is 24.8 Å². The smallest absolute Gasteiger partial charge is 0.404 e. The van der Waals surface area contributed by atoms with Crippen molar-refractivity contribution in [2.75, 3.05) is 0 Å². The molecule has 1 fully saturated rings. The molecule has 116 valence electrons. The van der Waals surface area contributed by atoms with E-state index in [1.165, 1.54) is 5.56 Å². The second-order valence-electron chi connectivity index (χ2n) is 5.16. The molecule has 1 aromatic rings. The number of amides is 1. The molecular weight excluding hydrogens is 385 g/mol. The highest BCUT2D eigenvalue weighted by atomic mass is 127. The molecule has 0 radical (unpaired) electrons. The van der Waals surface area contributed by atoms with Gasteiger partial charge in [-0.1, -0.05) is 52.9 Å². The van der Waals surface area contributed by atoms with Gasteiger partial charge in [-0.05, 0) is 31.2 Å². The lowest BCUT2D eigenvalue weighted by Gasteiger charge is -2.34. The Morgan fingerprint density at radius 1 is 1.43 bits per heavy atom. The highest BCUT2D eigenvalue weighted by molar-refractivity contribution is 14.1. The van der Waals surface area contributed by atoms with Gasteiger partial charge in [0.15, 0.2) is 6.29 Å². The van der Waals surface area contributed by atoms with E-state index < -0.39 is 18.5 Å². The van der Waals surface area contributed by atoms with Crippen LogP contribution >= 0.6 is 22.6 Å². The van der Waals surface area contributed by atoms with E-state index in [9.17, 15) is 9.90 Å². The summed E-state index contributed by atoms with van der Waals surface area (Å²) in [6.45, 7) is 0. The average Bonchev–Trinajstić information content (AvgIpc) is 2.47. The third kappa shape index (κ3) is 5.12. The number of alkyl halides is 1. The lowest BCUT2D eigenvalue weighted by Crippen LogP contribution is -2.44. The summed E-state index contributed by atoms with van der Waals surface area (Å²) >= 11 is 2.16. The molecule has 1 saturated heterocycles. The summed E-state index contributed by atoms with van der Waals surface area (Å²) in [5.74, 6) is 0. The van der Waals surface area contributed by atoms with Gasteiger partial charge in [0.2, 0.25) is 0 Å². The first-order valence-corrected chi connectivity index (χ1v) is 8.28. The number of aliphatic hydroxyl groups excluding tert-OH is 1. The maximum atomic E-state index is 11.1. The Hall–Kier alpha value is -0.860. The van der Waals surface area contributed by atoms with Gasteiger partial charge in [-0.15, -0.1) is 0 Å². The summed E-state index contributed by atoms with van der Waals surface area (Å²) in [5, 5.41) is 9.81. The molecule has 1 amide bonds. The minimum Gasteiger partial charge on any atom is -0.444 e. The fraction of sp³-hybridized carbons (Fsp3) is 0.533. The van der Waals surface area contributed by atoms with Crippen molar-refractivity contribution in [1.82, 2.24) is 0 Å². The van der Waals surface area contributed by atoms with Crippen LogP contribution in [0.15, 0.2) is 30.3 Å². The summed E-state index contributed by atoms with van der Waals surface area (Å²) in [6, 6.07) is 9.96. The van der Waals surface area contributed by atoms with E-state index in [1.54, 1.807) is 0 Å². The molecular formula is C15H20INO4. The van der Waals surface area contributed by atoms with Gasteiger partial charge in [0.05, 0.1) is 10.0 Å². The standard InChI is InChI=1S/C15H20INO4/c16-11-7-9-12(20-14(11)18)13(21-15(17)19)8-6-10-4-2-1-3-5-10/h1-5,11-14,18H,6-9H2,(H2,17,19)/t11?,12-,13-,14?/m0/s1. The Labute approximate surface area is 137 Å². The molecule has 6 heteroatoms. The van der Waals surface area contributed by atoms with Crippen molar-refractivity contribution in [3.8, 4) is 0 Å². The van der Waals surface area contributed by atoms with Crippen molar-refractivity contribution in [1.29, 1.82) is 0 Å². The lowest BCUT2D eigenvalue weighted by atomic mass is 9.98. The molecule has 0 spiro atoms. The third-order valence-corrected chi connectivity index (χ3v) is 4.83. The van der Waals surface area contributed by atoms with Crippen molar-refractivity contribution >= 4 is 28.7 Å². The maximum Gasteiger partial charge on any atom is 0.404 e. The van der Waals surface area contributed by atoms with Crippen LogP contribution in [0.3, 0.4) is 0 Å². The van der Waals surface area contributed by atoms with E-state index in [4.69, 9.17) is 15.2 Å². The van der Waals surface area contributed by atoms with Gasteiger partial charge in [-0.2, -0.15) is 0 Å². The van der Waals surface area contributed by atoms with Gasteiger partial charge in [-0.25, -0.2) is 4.79 Å². The number of hydrogen-bond donors (Lipinski definition) is 2. The SMILES string of the molecule is NC(=O)O[C@@H](CCc1ccccc1)[C@@H]1CCC(I)C(O)O1. The molecule has 1 aliphatic rings. The fourth-order valence-electron chi connectivity index (χ4n) is 2.50. The zero-order valence-electron chi connectivity index (χ0n) is 11.7. The van der Waals surface area contributed by atoms with Crippen molar-refractivity contribution in [3.05, 3.63) is 35.9 Å². The normalized spacial score (nSPS) is 27.0. The third-order valence-electron chi connectivity index (χ3n) is 3.59. The number of nitrogens with two attached hydrogens (primary N) is 1. The monoisotopic (exact) mass is 405 g/mol. The number of halogens is 1. The molecule has 0 aromatic heterocycles. The Kier molecular flexibility index (Phi) is 6.25. The number of rotatable bonds is 5. The number of hydrogen-bond acceptors (Lipinski definition) is 4. The van der Waals surface area contributed by atoms with Crippen LogP contribution < -0.4 is 5.73 Å². The van der Waals surface area contributed by atoms with Crippen LogP contribution in [-0.2, 0) is 15.9 Å². The number of primary amides is 1. The number of aliphatic hydroxyl groups is 1. The second-order valence-corrected chi connectivity index (χ2v) is 6.76. The van der Waals surface area contributed by atoms with E-state index >= 15 is 0 Å². The molecule has 4 atom stereocenters. The van der Waals surface area contributed by atoms with Crippen LogP contribution in [0.4, 0.5) is 4.79 Å². The van der Waals surface area contributed by atoms with Crippen molar-refractivity contribution < 1.29 is 19.4 Å². The van der Waals surface area contributed by atoms with Crippen LogP contribution in [0.25, 0.3) is 0 Å². The number of ether oxygens (including phenoxy) is 2. The van der Waals surface area contributed by atoms with E-state index in [2.05, 4.69) is 22.6 Å². The maximum absolute atomic E-state index is 11.1. The average molecular weight is 405 g/mol. The fourth-order valence-corrected chi connectivity index (χ4v) is 3.02. The van der Waals surface area contributed by atoms with E-state index in [1.807, 2.05) is 30.3 Å². The topological polar surface area (TPSA) is 81.8 Å². The van der Waals surface area contributed by atoms with E-state index in [-0.39, 0.29) is 10.0 Å². The van der Waals surface area contributed by atoms with Gasteiger partial charge in [0.1, 0.15) is 6.10 Å². The first-order chi connectivity index (χ1) is 10.1. The predicted molar refractivity (Wildman–Crippen MR) is 87.1 cm³/mol. The summed E-state index contributed by atoms with van der Waals surface area (Å²) < 4.78 is 10.8. The van der Waals surface area contributed by atoms with Crippen molar-refractivity contribution in [3.63, 3.8) is 0 Å². The number of benzene rings is 1. The van der Waals surface area contributed by atoms with Gasteiger partial charge < -0.3 is 20.3 Å². The zero-order valence-corrected chi connectivity index (χ0v) is 13.8. The first-order valence-electron chi connectivity index (χ1n) is 7.04. The van der Waals surface area contributed by atoms with E-state index in [0.29, 0.717) is 6.42 Å². The molecule has 1 aromatic carbocycles. The molecule has 3 N–H and O–H groups in total. The second kappa shape index (κ2) is 7.95. The Morgan fingerprint density at radius 2 is 2.14 bits per heavy atom. The molecule has 0 saturated carbocycles. The molecule has 0 bridgehead atoms. The van der Waals surface area contributed by atoms with Crippen LogP contribution in [-0.4, -0.2) is 33.6 Å². The van der Waals surface area contributed by atoms with Gasteiger partial charge in [0.25, 0.3) is 0 Å². The zero-order chi connectivity index (χ0) is 15.2. The summed E-state index contributed by atoms with van der Waals surface area (Å²) in [7, 11) is 0. The highest BCUT2D eigenvalue weighted by Crippen LogP contribution is 2.28. The Bertz CT molecular complexity index is 456. The summed E-state index contributed by atoms with van der Waals surface area (Å²) in [5.41, 5.74) is 6.32. The lowest BCUT2D eigenvalue weighted by molar-refractivity contribution is -0.183. The minimum absolute atomic E-state index is 0.0715. The number of carbonyl (C=O) groups excluding carboxylic acids is 1. The number of aryl methyl sites for hydroxylation is 1. The minimum atomic E-state index is -0.819. The molecule has 1 heterocycles. The Morgan fingerprint density at radius 3 is 2.76 bits per heavy atom. The van der Waals surface area contributed by atoms with E-state index in [0.717, 1.165) is 19.3 Å². The quantitative estimate of drug-likeness (QED) is 0.582. The van der Waals surface area contributed by atoms with Gasteiger partial charge in [0, 0.05) is 0 Å².